The van der Waals surface area contributed by atoms with Crippen LogP contribution in [0.2, 0.25) is 0 Å². The third-order valence-electron chi connectivity index (χ3n) is 3.40. The average Bonchev–Trinajstić information content (AvgIpc) is 2.83. The Hall–Kier alpha value is -2.35. The van der Waals surface area contributed by atoms with Crippen LogP contribution in [0.1, 0.15) is 23.4 Å². The molecule has 0 aliphatic carbocycles. The van der Waals surface area contributed by atoms with E-state index in [1.807, 2.05) is 0 Å². The van der Waals surface area contributed by atoms with E-state index in [4.69, 9.17) is 9.26 Å². The minimum atomic E-state index is -3.89. The SMILES string of the molecule is COc1ccc(S(=O)(=O)NC(=O)CCc2c(C)noc2C)cc1. The smallest absolute Gasteiger partial charge is 0.264 e. The van der Waals surface area contributed by atoms with Crippen LogP contribution in [0.5, 0.6) is 5.75 Å². The van der Waals surface area contributed by atoms with E-state index < -0.39 is 15.9 Å². The molecule has 2 aromatic rings. The molecule has 124 valence electrons. The predicted molar refractivity (Wildman–Crippen MR) is 82.6 cm³/mol. The van der Waals surface area contributed by atoms with Gasteiger partial charge in [0.1, 0.15) is 11.5 Å². The fourth-order valence-corrected chi connectivity index (χ4v) is 3.13. The van der Waals surface area contributed by atoms with E-state index in [1.54, 1.807) is 13.8 Å². The number of nitrogens with zero attached hydrogens (tertiary/aromatic N) is 1. The maximum Gasteiger partial charge on any atom is 0.264 e. The normalized spacial score (nSPS) is 11.3. The van der Waals surface area contributed by atoms with Crippen LogP contribution in [-0.4, -0.2) is 26.6 Å². The van der Waals surface area contributed by atoms with Gasteiger partial charge in [0, 0.05) is 12.0 Å². The number of nitrogens with one attached hydrogen (secondary N) is 1. The summed E-state index contributed by atoms with van der Waals surface area (Å²) in [4.78, 5) is 11.9. The standard InChI is InChI=1S/C15H18N2O5S/c1-10-14(11(2)22-16-10)8-9-15(18)17-23(19,20)13-6-4-12(21-3)5-7-13/h4-7H,8-9H2,1-3H3,(H,17,18). The number of benzene rings is 1. The summed E-state index contributed by atoms with van der Waals surface area (Å²) in [6.07, 6.45) is 0.392. The predicted octanol–water partition coefficient (Wildman–Crippen LogP) is 1.74. The molecule has 0 bridgehead atoms. The Kier molecular flexibility index (Phi) is 5.05. The number of methoxy groups -OCH3 is 1. The van der Waals surface area contributed by atoms with Crippen molar-refractivity contribution >= 4 is 15.9 Å². The molecule has 1 aromatic heterocycles. The fourth-order valence-electron chi connectivity index (χ4n) is 2.11. The Labute approximate surface area is 134 Å². The van der Waals surface area contributed by atoms with Gasteiger partial charge in [0.25, 0.3) is 10.0 Å². The zero-order valence-corrected chi connectivity index (χ0v) is 13.9. The lowest BCUT2D eigenvalue weighted by molar-refractivity contribution is -0.119. The lowest BCUT2D eigenvalue weighted by Crippen LogP contribution is -2.30. The molecule has 0 aliphatic rings. The van der Waals surface area contributed by atoms with Gasteiger partial charge >= 0.3 is 0 Å². The molecule has 0 unspecified atom stereocenters. The van der Waals surface area contributed by atoms with Crippen molar-refractivity contribution in [3.63, 3.8) is 0 Å². The number of aromatic nitrogens is 1. The van der Waals surface area contributed by atoms with E-state index in [-0.39, 0.29) is 11.3 Å². The van der Waals surface area contributed by atoms with Crippen molar-refractivity contribution in [3.05, 3.63) is 41.3 Å². The molecule has 0 aliphatic heterocycles. The molecule has 23 heavy (non-hydrogen) atoms. The first-order valence-electron chi connectivity index (χ1n) is 6.95. The molecule has 0 radical (unpaired) electrons. The summed E-state index contributed by atoms with van der Waals surface area (Å²) in [5.41, 5.74) is 1.52. The molecule has 1 amide bonds. The number of ether oxygens (including phenoxy) is 1. The second-order valence-electron chi connectivity index (χ2n) is 5.01. The number of hydrogen-bond donors (Lipinski definition) is 1. The molecule has 8 heteroatoms. The van der Waals surface area contributed by atoms with Gasteiger partial charge < -0.3 is 9.26 Å². The molecule has 1 heterocycles. The van der Waals surface area contributed by atoms with Crippen molar-refractivity contribution in [3.8, 4) is 5.75 Å². The van der Waals surface area contributed by atoms with E-state index in [2.05, 4.69) is 9.88 Å². The lowest BCUT2D eigenvalue weighted by atomic mass is 10.1. The first-order chi connectivity index (χ1) is 10.8. The Morgan fingerprint density at radius 2 is 1.91 bits per heavy atom. The third kappa shape index (κ3) is 4.10. The average molecular weight is 338 g/mol. The topological polar surface area (TPSA) is 98.5 Å². The second-order valence-corrected chi connectivity index (χ2v) is 6.69. The van der Waals surface area contributed by atoms with E-state index >= 15 is 0 Å². The molecule has 0 saturated heterocycles. The van der Waals surface area contributed by atoms with Crippen molar-refractivity contribution in [1.82, 2.24) is 9.88 Å². The zero-order chi connectivity index (χ0) is 17.0. The number of amides is 1. The summed E-state index contributed by atoms with van der Waals surface area (Å²) in [5.74, 6) is 0.586. The molecule has 0 atom stereocenters. The summed E-state index contributed by atoms with van der Waals surface area (Å²) in [6.45, 7) is 3.53. The number of aryl methyl sites for hydroxylation is 2. The summed E-state index contributed by atoms with van der Waals surface area (Å²) >= 11 is 0. The molecule has 0 fully saturated rings. The summed E-state index contributed by atoms with van der Waals surface area (Å²) in [7, 11) is -2.40. The molecule has 0 spiro atoms. The maximum atomic E-state index is 12.1. The monoisotopic (exact) mass is 338 g/mol. The summed E-state index contributed by atoms with van der Waals surface area (Å²) in [6, 6.07) is 5.79. The van der Waals surface area contributed by atoms with Gasteiger partial charge in [0.2, 0.25) is 5.91 Å². The van der Waals surface area contributed by atoms with Gasteiger partial charge in [0.05, 0.1) is 17.7 Å². The first-order valence-corrected chi connectivity index (χ1v) is 8.43. The van der Waals surface area contributed by atoms with E-state index in [0.29, 0.717) is 23.6 Å². The largest absolute Gasteiger partial charge is 0.497 e. The molecule has 7 nitrogen and oxygen atoms in total. The van der Waals surface area contributed by atoms with Gasteiger partial charge in [0.15, 0.2) is 0 Å². The molecule has 0 saturated carbocycles. The van der Waals surface area contributed by atoms with Crippen LogP contribution >= 0.6 is 0 Å². The Morgan fingerprint density at radius 3 is 2.43 bits per heavy atom. The quantitative estimate of drug-likeness (QED) is 0.861. The van der Waals surface area contributed by atoms with Gasteiger partial charge in [-0.3, -0.25) is 4.79 Å². The van der Waals surface area contributed by atoms with Crippen molar-refractivity contribution in [2.45, 2.75) is 31.6 Å². The van der Waals surface area contributed by atoms with Gasteiger partial charge in [-0.25, -0.2) is 13.1 Å². The minimum Gasteiger partial charge on any atom is -0.497 e. The van der Waals surface area contributed by atoms with Crippen LogP contribution in [-0.2, 0) is 21.2 Å². The first kappa shape index (κ1) is 17.0. The second kappa shape index (κ2) is 6.82. The Balaban J connectivity index is 2.00. The zero-order valence-electron chi connectivity index (χ0n) is 13.1. The maximum absolute atomic E-state index is 12.1. The minimum absolute atomic E-state index is 0.00369. The molecule has 1 N–H and O–H groups in total. The van der Waals surface area contributed by atoms with Crippen molar-refractivity contribution in [2.24, 2.45) is 0 Å². The van der Waals surface area contributed by atoms with E-state index in [9.17, 15) is 13.2 Å². The Bertz CT molecular complexity index is 774. The van der Waals surface area contributed by atoms with E-state index in [0.717, 1.165) is 5.56 Å². The molecular formula is C15H18N2O5S. The molecule has 1 aromatic carbocycles. The highest BCUT2D eigenvalue weighted by molar-refractivity contribution is 7.90. The van der Waals surface area contributed by atoms with Gasteiger partial charge in [-0.15, -0.1) is 0 Å². The number of carbonyl (C=O) groups is 1. The van der Waals surface area contributed by atoms with Gasteiger partial charge in [-0.05, 0) is 44.5 Å². The van der Waals surface area contributed by atoms with Crippen LogP contribution in [0.15, 0.2) is 33.7 Å². The summed E-state index contributed by atoms with van der Waals surface area (Å²) in [5, 5.41) is 3.80. The molecular weight excluding hydrogens is 320 g/mol. The van der Waals surface area contributed by atoms with Crippen molar-refractivity contribution < 1.29 is 22.5 Å². The highest BCUT2D eigenvalue weighted by Crippen LogP contribution is 2.16. The van der Waals surface area contributed by atoms with Crippen LogP contribution in [0.3, 0.4) is 0 Å². The van der Waals surface area contributed by atoms with Crippen molar-refractivity contribution in [2.75, 3.05) is 7.11 Å². The number of carbonyl (C=O) groups excluding carboxylic acids is 1. The van der Waals surface area contributed by atoms with Gasteiger partial charge in [-0.2, -0.15) is 0 Å². The van der Waals surface area contributed by atoms with Crippen LogP contribution in [0.25, 0.3) is 0 Å². The molecule has 2 rings (SSSR count). The van der Waals surface area contributed by atoms with Crippen molar-refractivity contribution in [1.29, 1.82) is 0 Å². The third-order valence-corrected chi connectivity index (χ3v) is 4.79. The fraction of sp³-hybridized carbons (Fsp3) is 0.333. The van der Waals surface area contributed by atoms with Gasteiger partial charge in [-0.1, -0.05) is 5.16 Å². The van der Waals surface area contributed by atoms with E-state index in [1.165, 1.54) is 31.4 Å². The van der Waals surface area contributed by atoms with Crippen LogP contribution < -0.4 is 9.46 Å². The highest BCUT2D eigenvalue weighted by atomic mass is 32.2. The number of hydrogen-bond acceptors (Lipinski definition) is 6. The Morgan fingerprint density at radius 1 is 1.26 bits per heavy atom. The lowest BCUT2D eigenvalue weighted by Gasteiger charge is -2.07. The van der Waals surface area contributed by atoms with Crippen LogP contribution in [0, 0.1) is 13.8 Å². The summed E-state index contributed by atoms with van der Waals surface area (Å²) < 4.78 is 36.3. The van der Waals surface area contributed by atoms with Crippen LogP contribution in [0.4, 0.5) is 0 Å². The number of sulfonamides is 1. The highest BCUT2D eigenvalue weighted by Gasteiger charge is 2.18. The number of rotatable bonds is 6.